The first-order valence-corrected chi connectivity index (χ1v) is 7.29. The van der Waals surface area contributed by atoms with Crippen molar-refractivity contribution in [3.05, 3.63) is 0 Å². The van der Waals surface area contributed by atoms with E-state index < -0.39 is 0 Å². The van der Waals surface area contributed by atoms with Crippen molar-refractivity contribution >= 4 is 5.91 Å². The number of carbonyl (C=O) groups is 1. The van der Waals surface area contributed by atoms with Crippen molar-refractivity contribution in [1.82, 2.24) is 10.6 Å². The SMILES string of the molecule is CC(C)C1CC(NCCNC(=O)C2CC2)CCO1. The fourth-order valence-electron chi connectivity index (χ4n) is 2.43. The van der Waals surface area contributed by atoms with E-state index >= 15 is 0 Å². The average Bonchev–Trinajstić information content (AvgIpc) is 3.19. The zero-order valence-corrected chi connectivity index (χ0v) is 11.6. The van der Waals surface area contributed by atoms with E-state index in [0.717, 1.165) is 45.4 Å². The molecule has 2 fully saturated rings. The Bertz CT molecular complexity index is 277. The Morgan fingerprint density at radius 1 is 1.28 bits per heavy atom. The lowest BCUT2D eigenvalue weighted by Crippen LogP contribution is -2.43. The van der Waals surface area contributed by atoms with Crippen LogP contribution in [-0.2, 0) is 9.53 Å². The second-order valence-electron chi connectivity index (χ2n) is 5.89. The number of hydrogen-bond acceptors (Lipinski definition) is 3. The quantitative estimate of drug-likeness (QED) is 0.703. The van der Waals surface area contributed by atoms with Gasteiger partial charge in [-0.25, -0.2) is 0 Å². The molecule has 1 aliphatic heterocycles. The van der Waals surface area contributed by atoms with Gasteiger partial charge in [0.05, 0.1) is 6.10 Å². The first-order chi connectivity index (χ1) is 8.66. The van der Waals surface area contributed by atoms with Crippen LogP contribution in [0.4, 0.5) is 0 Å². The lowest BCUT2D eigenvalue weighted by molar-refractivity contribution is -0.122. The van der Waals surface area contributed by atoms with E-state index in [1.807, 2.05) is 0 Å². The highest BCUT2D eigenvalue weighted by Crippen LogP contribution is 2.28. The molecular weight excluding hydrogens is 228 g/mol. The smallest absolute Gasteiger partial charge is 0.223 e. The van der Waals surface area contributed by atoms with Gasteiger partial charge in [-0.15, -0.1) is 0 Å². The summed E-state index contributed by atoms with van der Waals surface area (Å²) >= 11 is 0. The minimum Gasteiger partial charge on any atom is -0.378 e. The van der Waals surface area contributed by atoms with Crippen molar-refractivity contribution in [3.8, 4) is 0 Å². The Hall–Kier alpha value is -0.610. The lowest BCUT2D eigenvalue weighted by Gasteiger charge is -2.32. The van der Waals surface area contributed by atoms with Crippen LogP contribution in [0.25, 0.3) is 0 Å². The second kappa shape index (κ2) is 6.53. The zero-order chi connectivity index (χ0) is 13.0. The molecule has 2 atom stereocenters. The molecule has 0 bridgehead atoms. The molecule has 1 saturated heterocycles. The summed E-state index contributed by atoms with van der Waals surface area (Å²) in [6.07, 6.45) is 4.72. The summed E-state index contributed by atoms with van der Waals surface area (Å²) in [5.74, 6) is 1.14. The highest BCUT2D eigenvalue weighted by atomic mass is 16.5. The van der Waals surface area contributed by atoms with Gasteiger partial charge in [-0.05, 0) is 31.6 Å². The van der Waals surface area contributed by atoms with Crippen LogP contribution in [0.2, 0.25) is 0 Å². The van der Waals surface area contributed by atoms with Gasteiger partial charge in [0.25, 0.3) is 0 Å². The summed E-state index contributed by atoms with van der Waals surface area (Å²) < 4.78 is 5.74. The standard InChI is InChI=1S/C14H26N2O2/c1-10(2)13-9-12(5-8-18-13)15-6-7-16-14(17)11-3-4-11/h10-13,15H,3-9H2,1-2H3,(H,16,17). The van der Waals surface area contributed by atoms with Crippen molar-refractivity contribution in [2.45, 2.75) is 51.7 Å². The lowest BCUT2D eigenvalue weighted by atomic mass is 9.95. The Kier molecular flexibility index (Phi) is 5.01. The van der Waals surface area contributed by atoms with E-state index in [1.165, 1.54) is 0 Å². The van der Waals surface area contributed by atoms with Crippen molar-refractivity contribution in [1.29, 1.82) is 0 Å². The van der Waals surface area contributed by atoms with E-state index in [1.54, 1.807) is 0 Å². The number of nitrogens with one attached hydrogen (secondary N) is 2. The number of carbonyl (C=O) groups excluding carboxylic acids is 1. The van der Waals surface area contributed by atoms with Gasteiger partial charge in [-0.1, -0.05) is 13.8 Å². The maximum atomic E-state index is 11.4. The number of ether oxygens (including phenoxy) is 1. The van der Waals surface area contributed by atoms with Crippen LogP contribution in [-0.4, -0.2) is 37.7 Å². The number of hydrogen-bond donors (Lipinski definition) is 2. The molecule has 18 heavy (non-hydrogen) atoms. The largest absolute Gasteiger partial charge is 0.378 e. The van der Waals surface area contributed by atoms with E-state index in [4.69, 9.17) is 4.74 Å². The van der Waals surface area contributed by atoms with Crippen LogP contribution >= 0.6 is 0 Å². The Morgan fingerprint density at radius 3 is 2.72 bits per heavy atom. The van der Waals surface area contributed by atoms with Gasteiger partial charge in [0.2, 0.25) is 5.91 Å². The van der Waals surface area contributed by atoms with Crippen LogP contribution < -0.4 is 10.6 Å². The van der Waals surface area contributed by atoms with Crippen LogP contribution in [0.15, 0.2) is 0 Å². The summed E-state index contributed by atoms with van der Waals surface area (Å²) in [5.41, 5.74) is 0. The van der Waals surface area contributed by atoms with E-state index in [-0.39, 0.29) is 5.91 Å². The summed E-state index contributed by atoms with van der Waals surface area (Å²) in [5, 5.41) is 6.51. The summed E-state index contributed by atoms with van der Waals surface area (Å²) in [6.45, 7) is 6.90. The molecule has 0 aromatic heterocycles. The minimum absolute atomic E-state index is 0.240. The summed E-state index contributed by atoms with van der Waals surface area (Å²) in [6, 6.07) is 0.545. The maximum Gasteiger partial charge on any atom is 0.223 e. The third-order valence-corrected chi connectivity index (χ3v) is 3.86. The van der Waals surface area contributed by atoms with E-state index in [0.29, 0.717) is 24.0 Å². The molecule has 1 aliphatic carbocycles. The van der Waals surface area contributed by atoms with Gasteiger partial charge in [-0.3, -0.25) is 4.79 Å². The zero-order valence-electron chi connectivity index (χ0n) is 11.6. The fourth-order valence-corrected chi connectivity index (χ4v) is 2.43. The van der Waals surface area contributed by atoms with Crippen molar-refractivity contribution in [2.75, 3.05) is 19.7 Å². The van der Waals surface area contributed by atoms with Gasteiger partial charge in [0, 0.05) is 31.7 Å². The van der Waals surface area contributed by atoms with Crippen molar-refractivity contribution in [3.63, 3.8) is 0 Å². The Labute approximate surface area is 110 Å². The fraction of sp³-hybridized carbons (Fsp3) is 0.929. The van der Waals surface area contributed by atoms with Gasteiger partial charge < -0.3 is 15.4 Å². The third kappa shape index (κ3) is 4.25. The van der Waals surface area contributed by atoms with E-state index in [2.05, 4.69) is 24.5 Å². The maximum absolute atomic E-state index is 11.4. The molecule has 104 valence electrons. The predicted octanol–water partition coefficient (Wildman–Crippen LogP) is 1.31. The molecule has 2 rings (SSSR count). The molecule has 1 heterocycles. The van der Waals surface area contributed by atoms with Crippen LogP contribution in [0.5, 0.6) is 0 Å². The van der Waals surface area contributed by atoms with Crippen molar-refractivity contribution in [2.24, 2.45) is 11.8 Å². The highest BCUT2D eigenvalue weighted by molar-refractivity contribution is 5.80. The molecule has 4 heteroatoms. The molecule has 0 aromatic carbocycles. The number of rotatable bonds is 6. The summed E-state index contributed by atoms with van der Waals surface area (Å²) in [7, 11) is 0. The van der Waals surface area contributed by atoms with Gasteiger partial charge in [0.15, 0.2) is 0 Å². The first kappa shape index (κ1) is 13.8. The molecular formula is C14H26N2O2. The Balaban J connectivity index is 1.56. The second-order valence-corrected chi connectivity index (χ2v) is 5.89. The molecule has 2 N–H and O–H groups in total. The average molecular weight is 254 g/mol. The topological polar surface area (TPSA) is 50.4 Å². The predicted molar refractivity (Wildman–Crippen MR) is 71.3 cm³/mol. The molecule has 0 spiro atoms. The summed E-state index contributed by atoms with van der Waals surface area (Å²) in [4.78, 5) is 11.4. The Morgan fingerprint density at radius 2 is 2.06 bits per heavy atom. The molecule has 2 unspecified atom stereocenters. The van der Waals surface area contributed by atoms with Crippen LogP contribution in [0, 0.1) is 11.8 Å². The third-order valence-electron chi connectivity index (χ3n) is 3.86. The first-order valence-electron chi connectivity index (χ1n) is 7.29. The van der Waals surface area contributed by atoms with Crippen molar-refractivity contribution < 1.29 is 9.53 Å². The molecule has 4 nitrogen and oxygen atoms in total. The molecule has 1 saturated carbocycles. The monoisotopic (exact) mass is 254 g/mol. The van der Waals surface area contributed by atoms with Crippen LogP contribution in [0.1, 0.15) is 39.5 Å². The molecule has 0 radical (unpaired) electrons. The number of amides is 1. The minimum atomic E-state index is 0.240. The van der Waals surface area contributed by atoms with Crippen LogP contribution in [0.3, 0.4) is 0 Å². The molecule has 0 aromatic rings. The normalized spacial score (nSPS) is 28.4. The molecule has 2 aliphatic rings. The van der Waals surface area contributed by atoms with E-state index in [9.17, 15) is 4.79 Å². The van der Waals surface area contributed by atoms with Gasteiger partial charge in [0.1, 0.15) is 0 Å². The van der Waals surface area contributed by atoms with Gasteiger partial charge in [-0.2, -0.15) is 0 Å². The highest BCUT2D eigenvalue weighted by Gasteiger charge is 2.29. The van der Waals surface area contributed by atoms with Gasteiger partial charge >= 0.3 is 0 Å². The molecule has 1 amide bonds.